The Bertz CT molecular complexity index is 730. The topological polar surface area (TPSA) is 54.5 Å². The molecular weight excluding hydrogens is 326 g/mol. The van der Waals surface area contributed by atoms with E-state index in [1.54, 1.807) is 13.3 Å². The summed E-state index contributed by atoms with van der Waals surface area (Å²) in [5.74, 6) is 1.47. The van der Waals surface area contributed by atoms with Crippen LogP contribution in [0.15, 0.2) is 42.6 Å². The maximum Gasteiger partial charge on any atom is 0.272 e. The minimum absolute atomic E-state index is 0.0374. The number of likely N-dealkylation sites (tertiary alicyclic amines) is 1. The Hall–Kier alpha value is -2.56. The number of piperidine rings is 1. The largest absolute Gasteiger partial charge is 0.497 e. The SMILES string of the molecule is COc1ccc(CCNc2ccnc(C(=O)N3CCCC(C)C3)c2)cc1. The van der Waals surface area contributed by atoms with Crippen molar-refractivity contribution < 1.29 is 9.53 Å². The van der Waals surface area contributed by atoms with Gasteiger partial charge in [-0.3, -0.25) is 9.78 Å². The molecule has 2 heterocycles. The zero-order valence-corrected chi connectivity index (χ0v) is 15.6. The second kappa shape index (κ2) is 8.70. The highest BCUT2D eigenvalue weighted by atomic mass is 16.5. The van der Waals surface area contributed by atoms with E-state index in [0.717, 1.165) is 43.9 Å². The Balaban J connectivity index is 1.55. The van der Waals surface area contributed by atoms with Crippen molar-refractivity contribution in [3.8, 4) is 5.75 Å². The normalized spacial score (nSPS) is 17.0. The molecule has 1 aliphatic rings. The van der Waals surface area contributed by atoms with Crippen LogP contribution in [-0.2, 0) is 6.42 Å². The zero-order chi connectivity index (χ0) is 18.4. The summed E-state index contributed by atoms with van der Waals surface area (Å²) in [4.78, 5) is 18.9. The van der Waals surface area contributed by atoms with Crippen molar-refractivity contribution in [1.82, 2.24) is 9.88 Å². The fraction of sp³-hybridized carbons (Fsp3) is 0.429. The number of pyridine rings is 1. The molecule has 1 atom stereocenters. The van der Waals surface area contributed by atoms with E-state index >= 15 is 0 Å². The number of hydrogen-bond acceptors (Lipinski definition) is 4. The third-order valence-corrected chi connectivity index (χ3v) is 4.83. The third-order valence-electron chi connectivity index (χ3n) is 4.83. The summed E-state index contributed by atoms with van der Waals surface area (Å²) in [5, 5.41) is 3.39. The number of aromatic nitrogens is 1. The molecule has 0 saturated carbocycles. The van der Waals surface area contributed by atoms with Gasteiger partial charge in [0.25, 0.3) is 5.91 Å². The van der Waals surface area contributed by atoms with Gasteiger partial charge in [0, 0.05) is 31.5 Å². The van der Waals surface area contributed by atoms with Crippen LogP contribution in [0.5, 0.6) is 5.75 Å². The molecule has 1 saturated heterocycles. The minimum Gasteiger partial charge on any atom is -0.497 e. The standard InChI is InChI=1S/C21H27N3O2/c1-16-4-3-13-24(15-16)21(25)20-14-18(10-12-23-20)22-11-9-17-5-7-19(26-2)8-6-17/h5-8,10,12,14,16H,3-4,9,11,13,15H2,1-2H3,(H,22,23). The number of ether oxygens (including phenoxy) is 1. The molecule has 138 valence electrons. The first kappa shape index (κ1) is 18.2. The average molecular weight is 353 g/mol. The van der Waals surface area contributed by atoms with Gasteiger partial charge in [-0.05, 0) is 55.0 Å². The Labute approximate surface area is 155 Å². The predicted octanol–water partition coefficient (Wildman–Crippen LogP) is 3.62. The first-order valence-corrected chi connectivity index (χ1v) is 9.28. The summed E-state index contributed by atoms with van der Waals surface area (Å²) in [6.45, 7) is 4.66. The van der Waals surface area contributed by atoms with Gasteiger partial charge in [-0.1, -0.05) is 19.1 Å². The van der Waals surface area contributed by atoms with Crippen LogP contribution in [0.3, 0.4) is 0 Å². The van der Waals surface area contributed by atoms with Crippen LogP contribution in [0.4, 0.5) is 5.69 Å². The van der Waals surface area contributed by atoms with Crippen LogP contribution in [0.2, 0.25) is 0 Å². The molecule has 1 unspecified atom stereocenters. The fourth-order valence-corrected chi connectivity index (χ4v) is 3.34. The summed E-state index contributed by atoms with van der Waals surface area (Å²) in [7, 11) is 1.67. The van der Waals surface area contributed by atoms with Crippen LogP contribution in [0, 0.1) is 5.92 Å². The zero-order valence-electron chi connectivity index (χ0n) is 15.6. The monoisotopic (exact) mass is 353 g/mol. The molecule has 5 nitrogen and oxygen atoms in total. The minimum atomic E-state index is 0.0374. The lowest BCUT2D eigenvalue weighted by Crippen LogP contribution is -2.39. The smallest absolute Gasteiger partial charge is 0.272 e. The number of methoxy groups -OCH3 is 1. The molecule has 1 aromatic carbocycles. The van der Waals surface area contributed by atoms with E-state index in [-0.39, 0.29) is 5.91 Å². The molecule has 1 aliphatic heterocycles. The van der Waals surface area contributed by atoms with Crippen molar-refractivity contribution in [1.29, 1.82) is 0 Å². The number of carbonyl (C=O) groups excluding carboxylic acids is 1. The van der Waals surface area contributed by atoms with Crippen molar-refractivity contribution in [3.63, 3.8) is 0 Å². The Morgan fingerprint density at radius 1 is 1.31 bits per heavy atom. The number of anilines is 1. The van der Waals surface area contributed by atoms with E-state index in [0.29, 0.717) is 11.6 Å². The van der Waals surface area contributed by atoms with Gasteiger partial charge < -0.3 is 15.0 Å². The Morgan fingerprint density at radius 3 is 2.85 bits per heavy atom. The number of hydrogen-bond donors (Lipinski definition) is 1. The van der Waals surface area contributed by atoms with Crippen molar-refractivity contribution in [2.24, 2.45) is 5.92 Å². The van der Waals surface area contributed by atoms with Crippen LogP contribution in [0.25, 0.3) is 0 Å². The van der Waals surface area contributed by atoms with Crippen LogP contribution in [0.1, 0.15) is 35.8 Å². The summed E-state index contributed by atoms with van der Waals surface area (Å²) >= 11 is 0. The summed E-state index contributed by atoms with van der Waals surface area (Å²) in [5.41, 5.74) is 2.70. The van der Waals surface area contributed by atoms with Crippen LogP contribution < -0.4 is 10.1 Å². The number of rotatable bonds is 6. The van der Waals surface area contributed by atoms with Gasteiger partial charge in [0.15, 0.2) is 0 Å². The number of amides is 1. The molecule has 1 amide bonds. The summed E-state index contributed by atoms with van der Waals surface area (Å²) < 4.78 is 5.18. The Morgan fingerprint density at radius 2 is 2.12 bits per heavy atom. The van der Waals surface area contributed by atoms with Gasteiger partial charge >= 0.3 is 0 Å². The van der Waals surface area contributed by atoms with Gasteiger partial charge in [0.05, 0.1) is 7.11 Å². The Kier molecular flexibility index (Phi) is 6.10. The first-order chi connectivity index (χ1) is 12.7. The van der Waals surface area contributed by atoms with Crippen molar-refractivity contribution in [3.05, 3.63) is 53.9 Å². The van der Waals surface area contributed by atoms with Crippen LogP contribution >= 0.6 is 0 Å². The molecule has 1 fully saturated rings. The molecule has 3 rings (SSSR count). The molecule has 1 aromatic heterocycles. The van der Waals surface area contributed by atoms with Crippen molar-refractivity contribution in [2.45, 2.75) is 26.2 Å². The molecule has 0 bridgehead atoms. The molecule has 1 N–H and O–H groups in total. The first-order valence-electron chi connectivity index (χ1n) is 9.28. The number of nitrogens with one attached hydrogen (secondary N) is 1. The molecule has 26 heavy (non-hydrogen) atoms. The molecule has 0 spiro atoms. The van der Waals surface area contributed by atoms with Crippen molar-refractivity contribution in [2.75, 3.05) is 32.1 Å². The number of nitrogens with zero attached hydrogens (tertiary/aromatic N) is 2. The van der Waals surface area contributed by atoms with Gasteiger partial charge in [0.1, 0.15) is 11.4 Å². The van der Waals surface area contributed by atoms with Gasteiger partial charge in [-0.2, -0.15) is 0 Å². The van der Waals surface area contributed by atoms with E-state index in [9.17, 15) is 4.79 Å². The molecule has 2 aromatic rings. The van der Waals surface area contributed by atoms with E-state index in [2.05, 4.69) is 29.4 Å². The quantitative estimate of drug-likeness (QED) is 0.862. The van der Waals surface area contributed by atoms with Crippen LogP contribution in [-0.4, -0.2) is 42.5 Å². The second-order valence-electron chi connectivity index (χ2n) is 6.95. The predicted molar refractivity (Wildman–Crippen MR) is 104 cm³/mol. The molecular formula is C21H27N3O2. The molecule has 0 radical (unpaired) electrons. The third kappa shape index (κ3) is 4.75. The van der Waals surface area contributed by atoms with Gasteiger partial charge in [-0.25, -0.2) is 0 Å². The lowest BCUT2D eigenvalue weighted by atomic mass is 10.00. The molecule has 5 heteroatoms. The molecule has 0 aliphatic carbocycles. The summed E-state index contributed by atoms with van der Waals surface area (Å²) in [6.07, 6.45) is 4.88. The lowest BCUT2D eigenvalue weighted by molar-refractivity contribution is 0.0677. The highest BCUT2D eigenvalue weighted by molar-refractivity contribution is 5.93. The van der Waals surface area contributed by atoms with E-state index in [1.165, 1.54) is 12.0 Å². The second-order valence-corrected chi connectivity index (χ2v) is 6.95. The maximum absolute atomic E-state index is 12.7. The van der Waals surface area contributed by atoms with Gasteiger partial charge in [-0.15, -0.1) is 0 Å². The fourth-order valence-electron chi connectivity index (χ4n) is 3.34. The summed E-state index contributed by atoms with van der Waals surface area (Å²) in [6, 6.07) is 11.8. The van der Waals surface area contributed by atoms with E-state index in [1.807, 2.05) is 29.2 Å². The number of benzene rings is 1. The van der Waals surface area contributed by atoms with Crippen molar-refractivity contribution >= 4 is 11.6 Å². The van der Waals surface area contributed by atoms with E-state index < -0.39 is 0 Å². The average Bonchev–Trinajstić information content (AvgIpc) is 2.68. The lowest BCUT2D eigenvalue weighted by Gasteiger charge is -2.30. The highest BCUT2D eigenvalue weighted by Crippen LogP contribution is 2.18. The highest BCUT2D eigenvalue weighted by Gasteiger charge is 2.22. The van der Waals surface area contributed by atoms with E-state index in [4.69, 9.17) is 4.74 Å². The number of carbonyl (C=O) groups is 1. The maximum atomic E-state index is 12.7. The van der Waals surface area contributed by atoms with Gasteiger partial charge in [0.2, 0.25) is 0 Å².